The number of alkyl halides is 3. The second-order valence-corrected chi connectivity index (χ2v) is 9.31. The number of fused-ring (bicyclic) bond motifs is 3. The van der Waals surface area contributed by atoms with Crippen molar-refractivity contribution in [1.82, 2.24) is 4.98 Å². The van der Waals surface area contributed by atoms with Gasteiger partial charge >= 0.3 is 6.18 Å². The molecular formula is C25H27F3N4O. The highest BCUT2D eigenvalue weighted by Gasteiger charge is 2.60. The fourth-order valence-electron chi connectivity index (χ4n) is 5.77. The third kappa shape index (κ3) is 3.46. The smallest absolute Gasteiger partial charge is 0.382 e. The first-order valence-corrected chi connectivity index (χ1v) is 11.4. The Balaban J connectivity index is 1.59. The largest absolute Gasteiger partial charge is 0.417 e. The number of pyridine rings is 1. The normalized spacial score (nSPS) is 28.8. The van der Waals surface area contributed by atoms with Crippen LogP contribution in [0.4, 0.5) is 13.2 Å². The second-order valence-electron chi connectivity index (χ2n) is 9.31. The monoisotopic (exact) mass is 456 g/mol. The maximum absolute atomic E-state index is 13.3. The van der Waals surface area contributed by atoms with E-state index in [2.05, 4.69) is 4.98 Å². The molecule has 8 heteroatoms. The van der Waals surface area contributed by atoms with E-state index in [0.717, 1.165) is 55.5 Å². The summed E-state index contributed by atoms with van der Waals surface area (Å²) in [6.45, 7) is 4.57. The molecule has 2 aromatic rings. The molecule has 1 saturated carbocycles. The summed E-state index contributed by atoms with van der Waals surface area (Å²) >= 11 is 0. The van der Waals surface area contributed by atoms with Gasteiger partial charge in [0.25, 0.3) is 0 Å². The van der Waals surface area contributed by atoms with Crippen LogP contribution in [0.25, 0.3) is 11.1 Å². The molecule has 33 heavy (non-hydrogen) atoms. The van der Waals surface area contributed by atoms with Crippen LogP contribution in [0.15, 0.2) is 46.6 Å². The summed E-state index contributed by atoms with van der Waals surface area (Å²) in [7, 11) is 0. The van der Waals surface area contributed by atoms with Gasteiger partial charge in [0, 0.05) is 35.5 Å². The number of ether oxygens (including phenoxy) is 1. The average Bonchev–Trinajstić information content (AvgIpc) is 3.23. The predicted octanol–water partition coefficient (Wildman–Crippen LogP) is 5.27. The van der Waals surface area contributed by atoms with E-state index in [4.69, 9.17) is 20.5 Å². The number of hydrogen-bond donors (Lipinski definition) is 1. The SMILES string of the molecule is CCOC1CCC2(CC1)Cc1ccc(-c3cncc(C(F)(F)F)c3)cc1C21N=C(C)C(N)=N1. The van der Waals surface area contributed by atoms with Crippen LogP contribution in [-0.2, 0) is 23.0 Å². The highest BCUT2D eigenvalue weighted by molar-refractivity contribution is 6.41. The van der Waals surface area contributed by atoms with Crippen LogP contribution in [-0.4, -0.2) is 29.2 Å². The molecule has 1 unspecified atom stereocenters. The fourth-order valence-corrected chi connectivity index (χ4v) is 5.77. The van der Waals surface area contributed by atoms with Crippen molar-refractivity contribution in [3.05, 3.63) is 53.3 Å². The number of halogens is 3. The lowest BCUT2D eigenvalue weighted by Crippen LogP contribution is -2.43. The molecule has 1 aromatic carbocycles. The van der Waals surface area contributed by atoms with E-state index in [-0.39, 0.29) is 11.5 Å². The predicted molar refractivity (Wildman–Crippen MR) is 121 cm³/mol. The second kappa shape index (κ2) is 7.65. The lowest BCUT2D eigenvalue weighted by atomic mass is 9.65. The zero-order valence-electron chi connectivity index (χ0n) is 18.7. The first-order chi connectivity index (χ1) is 15.7. The van der Waals surface area contributed by atoms with Gasteiger partial charge in [-0.25, -0.2) is 4.99 Å². The molecule has 174 valence electrons. The molecule has 2 heterocycles. The molecule has 1 aromatic heterocycles. The number of rotatable bonds is 3. The van der Waals surface area contributed by atoms with Crippen molar-refractivity contribution in [2.45, 2.75) is 63.9 Å². The molecule has 2 aliphatic carbocycles. The standard InChI is InChI=1S/C25H27F3N4O/c1-3-33-20-6-8-23(9-7-20)12-17-5-4-16(18-10-19(14-30-13-18)25(26,27)28)11-21(17)24(23)31-15(2)22(29)32-24/h4-5,10-11,13-14,20H,3,6-9,12H2,1-2H3,(H2,29,32). The number of benzene rings is 1. The van der Waals surface area contributed by atoms with E-state index in [0.29, 0.717) is 29.3 Å². The van der Waals surface area contributed by atoms with Crippen molar-refractivity contribution in [2.75, 3.05) is 6.61 Å². The number of hydrogen-bond acceptors (Lipinski definition) is 5. The van der Waals surface area contributed by atoms with Gasteiger partial charge in [-0.2, -0.15) is 13.2 Å². The van der Waals surface area contributed by atoms with Crippen LogP contribution in [0.3, 0.4) is 0 Å². The summed E-state index contributed by atoms with van der Waals surface area (Å²) < 4.78 is 45.6. The minimum absolute atomic E-state index is 0.212. The number of amidine groups is 1. The molecule has 0 saturated heterocycles. The maximum Gasteiger partial charge on any atom is 0.417 e. The number of nitrogens with two attached hydrogens (primary N) is 1. The van der Waals surface area contributed by atoms with Gasteiger partial charge in [0.05, 0.1) is 17.4 Å². The highest BCUT2D eigenvalue weighted by atomic mass is 19.4. The maximum atomic E-state index is 13.3. The Morgan fingerprint density at radius 1 is 1.09 bits per heavy atom. The van der Waals surface area contributed by atoms with Gasteiger partial charge < -0.3 is 10.5 Å². The van der Waals surface area contributed by atoms with Crippen LogP contribution in [0.1, 0.15) is 56.2 Å². The molecule has 1 fully saturated rings. The first kappa shape index (κ1) is 22.1. The number of nitrogens with zero attached hydrogens (tertiary/aromatic N) is 3. The minimum atomic E-state index is -4.45. The lowest BCUT2D eigenvalue weighted by Gasteiger charge is -2.44. The van der Waals surface area contributed by atoms with E-state index in [1.165, 1.54) is 6.20 Å². The van der Waals surface area contributed by atoms with Gasteiger partial charge in [-0.3, -0.25) is 9.98 Å². The van der Waals surface area contributed by atoms with Crippen molar-refractivity contribution in [3.8, 4) is 11.1 Å². The third-order valence-corrected chi connectivity index (χ3v) is 7.43. The van der Waals surface area contributed by atoms with E-state index < -0.39 is 17.4 Å². The van der Waals surface area contributed by atoms with Gasteiger partial charge in [-0.1, -0.05) is 12.1 Å². The first-order valence-electron chi connectivity index (χ1n) is 11.4. The summed E-state index contributed by atoms with van der Waals surface area (Å²) in [5, 5.41) is 0. The topological polar surface area (TPSA) is 72.9 Å². The zero-order valence-corrected chi connectivity index (χ0v) is 18.7. The summed E-state index contributed by atoms with van der Waals surface area (Å²) in [5.74, 6) is 0.431. The van der Waals surface area contributed by atoms with Gasteiger partial charge in [-0.05, 0) is 69.2 Å². The van der Waals surface area contributed by atoms with E-state index >= 15 is 0 Å². The molecule has 1 aliphatic heterocycles. The van der Waals surface area contributed by atoms with Gasteiger partial charge in [0.1, 0.15) is 5.84 Å². The molecular weight excluding hydrogens is 429 g/mol. The fraction of sp³-hybridized carbons (Fsp3) is 0.480. The summed E-state index contributed by atoms with van der Waals surface area (Å²) in [5.41, 5.74) is 8.28. The zero-order chi connectivity index (χ0) is 23.4. The minimum Gasteiger partial charge on any atom is -0.382 e. The van der Waals surface area contributed by atoms with Crippen LogP contribution in [0.5, 0.6) is 0 Å². The van der Waals surface area contributed by atoms with Crippen molar-refractivity contribution >= 4 is 11.5 Å². The number of aromatic nitrogens is 1. The summed E-state index contributed by atoms with van der Waals surface area (Å²) in [6.07, 6.45) is 2.57. The third-order valence-electron chi connectivity index (χ3n) is 7.43. The van der Waals surface area contributed by atoms with Crippen LogP contribution < -0.4 is 5.73 Å². The number of aliphatic imine (C=N–C) groups is 2. The van der Waals surface area contributed by atoms with E-state index in [9.17, 15) is 13.2 Å². The Bertz CT molecular complexity index is 1130. The molecule has 1 atom stereocenters. The highest BCUT2D eigenvalue weighted by Crippen LogP contribution is 2.62. The van der Waals surface area contributed by atoms with Crippen molar-refractivity contribution in [3.63, 3.8) is 0 Å². The Morgan fingerprint density at radius 3 is 2.48 bits per heavy atom. The molecule has 5 nitrogen and oxygen atoms in total. The lowest BCUT2D eigenvalue weighted by molar-refractivity contribution is -0.137. The summed E-state index contributed by atoms with van der Waals surface area (Å²) in [4.78, 5) is 13.8. The van der Waals surface area contributed by atoms with Crippen molar-refractivity contribution < 1.29 is 17.9 Å². The van der Waals surface area contributed by atoms with Crippen LogP contribution in [0.2, 0.25) is 0 Å². The van der Waals surface area contributed by atoms with E-state index in [1.807, 2.05) is 32.0 Å². The van der Waals surface area contributed by atoms with Gasteiger partial charge in [-0.15, -0.1) is 0 Å². The van der Waals surface area contributed by atoms with Crippen LogP contribution in [0, 0.1) is 5.41 Å². The quantitative estimate of drug-likeness (QED) is 0.684. The molecule has 0 radical (unpaired) electrons. The summed E-state index contributed by atoms with van der Waals surface area (Å²) in [6, 6.07) is 6.95. The molecule has 2 N–H and O–H groups in total. The molecule has 0 bridgehead atoms. The Morgan fingerprint density at radius 2 is 1.85 bits per heavy atom. The van der Waals surface area contributed by atoms with Gasteiger partial charge in [0.2, 0.25) is 0 Å². The molecule has 0 amide bonds. The average molecular weight is 457 g/mol. The van der Waals surface area contributed by atoms with Crippen molar-refractivity contribution in [1.29, 1.82) is 0 Å². The van der Waals surface area contributed by atoms with Crippen LogP contribution >= 0.6 is 0 Å². The molecule has 3 aliphatic rings. The van der Waals surface area contributed by atoms with E-state index in [1.54, 1.807) is 0 Å². The Labute approximate surface area is 191 Å². The van der Waals surface area contributed by atoms with Crippen molar-refractivity contribution in [2.24, 2.45) is 21.1 Å². The molecule has 5 rings (SSSR count). The molecule has 2 spiro atoms. The Hall–Kier alpha value is -2.74. The Kier molecular flexibility index (Phi) is 5.12. The van der Waals surface area contributed by atoms with Gasteiger partial charge in [0.15, 0.2) is 5.66 Å².